The quantitative estimate of drug-likeness (QED) is 0.189. The number of hydrogen-bond acceptors (Lipinski definition) is 2. The fraction of sp³-hybridized carbons (Fsp3) is 0.0435. The zero-order valence-corrected chi connectivity index (χ0v) is 26.9. The van der Waals surface area contributed by atoms with Gasteiger partial charge in [0, 0.05) is 38.3 Å². The molecule has 3 nitrogen and oxygen atoms in total. The van der Waals surface area contributed by atoms with Gasteiger partial charge in [0.05, 0.1) is 22.2 Å². The fourth-order valence-corrected chi connectivity index (χ4v) is 7.96. The van der Waals surface area contributed by atoms with E-state index >= 15 is 0 Å². The summed E-state index contributed by atoms with van der Waals surface area (Å²) in [5.74, 6) is 0. The van der Waals surface area contributed by atoms with Crippen molar-refractivity contribution in [2.75, 3.05) is 4.90 Å². The number of rotatable bonds is 5. The van der Waals surface area contributed by atoms with E-state index in [1.165, 1.54) is 49.1 Å². The molecular weight excluding hydrogens is 597 g/mol. The lowest BCUT2D eigenvalue weighted by atomic mass is 9.98. The molecule has 0 aliphatic heterocycles. The van der Waals surface area contributed by atoms with Gasteiger partial charge >= 0.3 is 0 Å². The molecule has 0 amide bonds. The van der Waals surface area contributed by atoms with Gasteiger partial charge in [0.1, 0.15) is 5.58 Å². The van der Waals surface area contributed by atoms with E-state index in [2.05, 4.69) is 179 Å². The molecule has 9 aromatic rings. The third-order valence-corrected chi connectivity index (χ3v) is 10.0. The largest absolute Gasteiger partial charge is 0.454 e. The van der Waals surface area contributed by atoms with Crippen molar-refractivity contribution in [1.29, 1.82) is 0 Å². The monoisotopic (exact) mass is 628 g/mol. The van der Waals surface area contributed by atoms with Gasteiger partial charge in [-0.05, 0) is 65.6 Å². The number of aromatic nitrogens is 1. The third-order valence-electron chi connectivity index (χ3n) is 10.0. The summed E-state index contributed by atoms with van der Waals surface area (Å²) >= 11 is 0. The summed E-state index contributed by atoms with van der Waals surface area (Å²) in [5.41, 5.74) is 9.91. The first-order chi connectivity index (χ1) is 24.3. The van der Waals surface area contributed by atoms with Crippen LogP contribution in [0.15, 0.2) is 168 Å². The van der Waals surface area contributed by atoms with E-state index in [1.54, 1.807) is 0 Å². The van der Waals surface area contributed by atoms with Gasteiger partial charge in [-0.3, -0.25) is 0 Å². The summed E-state index contributed by atoms with van der Waals surface area (Å²) < 4.78 is 9.39. The van der Waals surface area contributed by atoms with E-state index in [0.29, 0.717) is 0 Å². The highest BCUT2D eigenvalue weighted by Crippen LogP contribution is 2.47. The normalized spacial score (nSPS) is 12.9. The number of hydrogen-bond donors (Lipinski definition) is 0. The first-order valence-electron chi connectivity index (χ1n) is 17.0. The van der Waals surface area contributed by atoms with Crippen LogP contribution in [0.25, 0.3) is 72.2 Å². The summed E-state index contributed by atoms with van der Waals surface area (Å²) in [5, 5.41) is 8.44. The van der Waals surface area contributed by atoms with Gasteiger partial charge in [-0.2, -0.15) is 0 Å². The summed E-state index contributed by atoms with van der Waals surface area (Å²) in [6.07, 6.45) is 4.23. The zero-order chi connectivity index (χ0) is 32.3. The van der Waals surface area contributed by atoms with Gasteiger partial charge in [-0.1, -0.05) is 133 Å². The van der Waals surface area contributed by atoms with Crippen LogP contribution in [0, 0.1) is 0 Å². The minimum Gasteiger partial charge on any atom is -0.454 e. The number of fused-ring (bicyclic) bond motifs is 8. The number of anilines is 2. The molecule has 0 N–H and O–H groups in total. The van der Waals surface area contributed by atoms with Crippen LogP contribution in [0.4, 0.5) is 11.4 Å². The minimum absolute atomic E-state index is 0.869. The van der Waals surface area contributed by atoms with Gasteiger partial charge in [0.15, 0.2) is 5.58 Å². The Labute approximate surface area is 283 Å². The highest BCUT2D eigenvalue weighted by molar-refractivity contribution is 6.23. The molecule has 0 saturated heterocycles. The van der Waals surface area contributed by atoms with Gasteiger partial charge in [0.2, 0.25) is 0 Å². The van der Waals surface area contributed by atoms with Crippen molar-refractivity contribution in [2.45, 2.75) is 12.8 Å². The van der Waals surface area contributed by atoms with Crippen molar-refractivity contribution < 1.29 is 4.42 Å². The van der Waals surface area contributed by atoms with Gasteiger partial charge in [-0.25, -0.2) is 0 Å². The molecule has 10 rings (SSSR count). The topological polar surface area (TPSA) is 21.3 Å². The van der Waals surface area contributed by atoms with E-state index < -0.39 is 0 Å². The average molecular weight is 629 g/mol. The van der Waals surface area contributed by atoms with Crippen LogP contribution in [0.1, 0.15) is 12.8 Å². The number of benzene rings is 7. The van der Waals surface area contributed by atoms with E-state index in [9.17, 15) is 0 Å². The van der Waals surface area contributed by atoms with Gasteiger partial charge in [0.25, 0.3) is 0 Å². The Bertz CT molecular complexity index is 2830. The van der Waals surface area contributed by atoms with E-state index in [-0.39, 0.29) is 0 Å². The first kappa shape index (κ1) is 27.8. The molecule has 0 saturated carbocycles. The van der Waals surface area contributed by atoms with E-state index in [1.807, 2.05) is 0 Å². The second-order valence-electron chi connectivity index (χ2n) is 12.8. The predicted octanol–water partition coefficient (Wildman–Crippen LogP) is 10.9. The molecule has 0 fully saturated rings. The molecule has 0 unspecified atom stereocenters. The van der Waals surface area contributed by atoms with Crippen LogP contribution >= 0.6 is 0 Å². The summed E-state index contributed by atoms with van der Waals surface area (Å²) in [6, 6.07) is 58.7. The SMILES string of the molecule is C1=c2c(n(-c3ccccc3)c3ccccc23)=C(N(c2ccccc2-c2ccccc2)c2cc3ccccc3c3c2oc2ccccc23)CC1. The van der Waals surface area contributed by atoms with Crippen LogP contribution in [-0.4, -0.2) is 4.57 Å². The molecule has 2 heterocycles. The lowest BCUT2D eigenvalue weighted by molar-refractivity contribution is 0.669. The molecule has 0 radical (unpaired) electrons. The minimum atomic E-state index is 0.869. The van der Waals surface area contributed by atoms with E-state index in [0.717, 1.165) is 51.8 Å². The Morgan fingerprint density at radius 3 is 2.10 bits per heavy atom. The molecule has 0 bridgehead atoms. The second-order valence-corrected chi connectivity index (χ2v) is 12.8. The lowest BCUT2D eigenvalue weighted by Crippen LogP contribution is -2.38. The number of furan rings is 1. The van der Waals surface area contributed by atoms with Gasteiger partial charge in [-0.15, -0.1) is 0 Å². The second kappa shape index (κ2) is 11.1. The molecule has 0 spiro atoms. The van der Waals surface area contributed by atoms with Crippen LogP contribution in [0.2, 0.25) is 0 Å². The number of para-hydroxylation sites is 4. The molecule has 3 heteroatoms. The Morgan fingerprint density at radius 2 is 1.24 bits per heavy atom. The Hall–Kier alpha value is -6.32. The maximum Gasteiger partial charge on any atom is 0.160 e. The van der Waals surface area contributed by atoms with E-state index in [4.69, 9.17) is 4.42 Å². The van der Waals surface area contributed by atoms with Crippen molar-refractivity contribution in [3.8, 4) is 16.8 Å². The zero-order valence-electron chi connectivity index (χ0n) is 26.9. The van der Waals surface area contributed by atoms with Crippen LogP contribution < -0.4 is 15.5 Å². The maximum atomic E-state index is 6.92. The molecule has 49 heavy (non-hydrogen) atoms. The highest BCUT2D eigenvalue weighted by atomic mass is 16.3. The first-order valence-corrected chi connectivity index (χ1v) is 17.0. The van der Waals surface area contributed by atoms with Crippen molar-refractivity contribution in [3.05, 3.63) is 174 Å². The van der Waals surface area contributed by atoms with Gasteiger partial charge < -0.3 is 13.9 Å². The molecule has 1 aliphatic carbocycles. The van der Waals surface area contributed by atoms with Crippen molar-refractivity contribution in [1.82, 2.24) is 4.57 Å². The fourth-order valence-electron chi connectivity index (χ4n) is 7.96. The Kier molecular flexibility index (Phi) is 6.31. The highest BCUT2D eigenvalue weighted by Gasteiger charge is 2.28. The Morgan fingerprint density at radius 1 is 0.571 bits per heavy atom. The molecule has 2 aromatic heterocycles. The molecule has 0 atom stereocenters. The lowest BCUT2D eigenvalue weighted by Gasteiger charge is -2.31. The summed E-state index contributed by atoms with van der Waals surface area (Å²) in [6.45, 7) is 0. The predicted molar refractivity (Wildman–Crippen MR) is 205 cm³/mol. The number of nitrogens with zero attached hydrogens (tertiary/aromatic N) is 2. The van der Waals surface area contributed by atoms with Crippen molar-refractivity contribution in [2.24, 2.45) is 0 Å². The maximum absolute atomic E-state index is 6.92. The molecule has 7 aromatic carbocycles. The third kappa shape index (κ3) is 4.29. The van der Waals surface area contributed by atoms with Crippen molar-refractivity contribution in [3.63, 3.8) is 0 Å². The Balaban J connectivity index is 1.42. The van der Waals surface area contributed by atoms with Crippen LogP contribution in [0.3, 0.4) is 0 Å². The van der Waals surface area contributed by atoms with Crippen molar-refractivity contribution >= 4 is 66.8 Å². The standard InChI is InChI=1S/C46H32N2O/c1-3-16-31(17-4-1)34-21-9-12-26-39(34)48(42-30-32-18-7-8-22-35(32)44-38-24-11-14-29-43(38)49-46(42)44)41-28-15-25-37-36-23-10-13-27-40(36)47(45(37)41)33-19-5-2-6-20-33/h1-14,16-27,29-30H,15,28H2. The van der Waals surface area contributed by atoms with Crippen LogP contribution in [0.5, 0.6) is 0 Å². The van der Waals surface area contributed by atoms with Crippen LogP contribution in [-0.2, 0) is 0 Å². The molecule has 232 valence electrons. The summed E-state index contributed by atoms with van der Waals surface area (Å²) in [7, 11) is 0. The molecule has 1 aliphatic rings. The smallest absolute Gasteiger partial charge is 0.160 e. The average Bonchev–Trinajstić information content (AvgIpc) is 3.73. The summed E-state index contributed by atoms with van der Waals surface area (Å²) in [4.78, 5) is 2.52. The molecular formula is C46H32N2O.